The molecule has 2 rings (SSSR count). The second-order valence-electron chi connectivity index (χ2n) is 8.13. The lowest BCUT2D eigenvalue weighted by Crippen LogP contribution is -2.57. The number of halogens is 1. The number of carbonyl (C=O) groups excluding carboxylic acids is 4. The van der Waals surface area contributed by atoms with E-state index in [4.69, 9.17) is 16.3 Å². The van der Waals surface area contributed by atoms with Crippen molar-refractivity contribution in [3.63, 3.8) is 0 Å². The van der Waals surface area contributed by atoms with Crippen molar-refractivity contribution in [2.24, 2.45) is 11.8 Å². The predicted octanol–water partition coefficient (Wildman–Crippen LogP) is 1.95. The number of ether oxygens (including phenoxy) is 1. The van der Waals surface area contributed by atoms with E-state index in [2.05, 4.69) is 16.1 Å². The Hall–Kier alpha value is -2.81. The van der Waals surface area contributed by atoms with Gasteiger partial charge in [0.15, 0.2) is 0 Å². The molecular weight excluding hydrogens is 436 g/mol. The van der Waals surface area contributed by atoms with Gasteiger partial charge < -0.3 is 15.4 Å². The largest absolute Gasteiger partial charge is 0.445 e. The topological polar surface area (TPSA) is 117 Å². The molecule has 1 aromatic carbocycles. The maximum Gasteiger partial charge on any atom is 0.408 e. The molecule has 3 N–H and O–H groups in total. The molecule has 0 aromatic heterocycles. The van der Waals surface area contributed by atoms with Gasteiger partial charge in [-0.25, -0.2) is 4.79 Å². The van der Waals surface area contributed by atoms with E-state index < -0.39 is 29.9 Å². The molecule has 1 fully saturated rings. The zero-order valence-electron chi connectivity index (χ0n) is 18.4. The molecule has 2 atom stereocenters. The molecule has 0 bridgehead atoms. The summed E-state index contributed by atoms with van der Waals surface area (Å²) in [6.45, 7) is 4.49. The fraction of sp³-hybridized carbons (Fsp3) is 0.545. The van der Waals surface area contributed by atoms with E-state index in [1.165, 1.54) is 0 Å². The summed E-state index contributed by atoms with van der Waals surface area (Å²) in [5, 5.41) is 6.39. The second kappa shape index (κ2) is 12.9. The van der Waals surface area contributed by atoms with Crippen LogP contribution in [0.5, 0.6) is 0 Å². The molecule has 1 aliphatic heterocycles. The van der Waals surface area contributed by atoms with Crippen LogP contribution < -0.4 is 16.1 Å². The van der Waals surface area contributed by atoms with Crippen molar-refractivity contribution in [2.75, 3.05) is 19.0 Å². The number of benzene rings is 1. The van der Waals surface area contributed by atoms with Crippen LogP contribution in [0.4, 0.5) is 4.79 Å². The zero-order valence-corrected chi connectivity index (χ0v) is 19.2. The Bertz CT molecular complexity index is 790. The van der Waals surface area contributed by atoms with E-state index >= 15 is 0 Å². The Morgan fingerprint density at radius 2 is 1.97 bits per heavy atom. The van der Waals surface area contributed by atoms with Crippen LogP contribution in [0.15, 0.2) is 30.3 Å². The van der Waals surface area contributed by atoms with Crippen LogP contribution in [-0.4, -0.2) is 53.8 Å². The van der Waals surface area contributed by atoms with Crippen molar-refractivity contribution in [3.8, 4) is 0 Å². The van der Waals surface area contributed by atoms with E-state index in [1.54, 1.807) is 0 Å². The Balaban J connectivity index is 2.00. The van der Waals surface area contributed by atoms with Crippen molar-refractivity contribution in [1.29, 1.82) is 0 Å². The van der Waals surface area contributed by atoms with Crippen LogP contribution in [-0.2, 0) is 25.7 Å². The van der Waals surface area contributed by atoms with Gasteiger partial charge in [-0.2, -0.15) is 0 Å². The molecule has 176 valence electrons. The van der Waals surface area contributed by atoms with E-state index in [9.17, 15) is 19.2 Å². The quantitative estimate of drug-likeness (QED) is 0.380. The SMILES string of the molecule is CC(C)C[C@@H](NC(=O)OCc1ccccc1)C(=O)NN(CC1CCCNC1=O)C(=O)CCl. The summed E-state index contributed by atoms with van der Waals surface area (Å²) in [6, 6.07) is 8.24. The normalized spacial score (nSPS) is 16.6. The van der Waals surface area contributed by atoms with Gasteiger partial charge in [0, 0.05) is 6.54 Å². The highest BCUT2D eigenvalue weighted by Gasteiger charge is 2.30. The molecule has 0 saturated carbocycles. The number of alkyl carbamates (subject to hydrolysis) is 1. The van der Waals surface area contributed by atoms with Crippen LogP contribution in [0.2, 0.25) is 0 Å². The van der Waals surface area contributed by atoms with Crippen molar-refractivity contribution in [2.45, 2.75) is 45.8 Å². The van der Waals surface area contributed by atoms with Crippen molar-refractivity contribution in [1.82, 2.24) is 21.1 Å². The molecule has 1 saturated heterocycles. The highest BCUT2D eigenvalue weighted by Crippen LogP contribution is 2.13. The van der Waals surface area contributed by atoms with Gasteiger partial charge in [-0.1, -0.05) is 44.2 Å². The van der Waals surface area contributed by atoms with Gasteiger partial charge >= 0.3 is 6.09 Å². The third-order valence-electron chi connectivity index (χ3n) is 4.99. The maximum absolute atomic E-state index is 12.9. The van der Waals surface area contributed by atoms with E-state index in [-0.39, 0.29) is 30.9 Å². The predicted molar refractivity (Wildman–Crippen MR) is 119 cm³/mol. The fourth-order valence-electron chi connectivity index (χ4n) is 3.33. The number of rotatable bonds is 9. The molecule has 1 heterocycles. The van der Waals surface area contributed by atoms with Crippen LogP contribution in [0.1, 0.15) is 38.7 Å². The van der Waals surface area contributed by atoms with Gasteiger partial charge in [0.1, 0.15) is 18.5 Å². The van der Waals surface area contributed by atoms with E-state index in [1.807, 2.05) is 44.2 Å². The average Bonchev–Trinajstić information content (AvgIpc) is 2.78. The number of piperidine rings is 1. The first-order valence-electron chi connectivity index (χ1n) is 10.7. The number of amides is 4. The fourth-order valence-corrected chi connectivity index (χ4v) is 3.48. The highest BCUT2D eigenvalue weighted by atomic mass is 35.5. The van der Waals surface area contributed by atoms with Gasteiger partial charge in [-0.3, -0.25) is 24.8 Å². The summed E-state index contributed by atoms with van der Waals surface area (Å²) in [7, 11) is 0. The number of hydrazine groups is 1. The molecule has 10 heteroatoms. The molecular formula is C22H31ClN4O5. The maximum atomic E-state index is 12.9. The Morgan fingerprint density at radius 1 is 1.25 bits per heavy atom. The van der Waals surface area contributed by atoms with Crippen LogP contribution in [0.25, 0.3) is 0 Å². The molecule has 0 aliphatic carbocycles. The summed E-state index contributed by atoms with van der Waals surface area (Å²) in [4.78, 5) is 49.6. The number of carbonyl (C=O) groups is 4. The Kier molecular flexibility index (Phi) is 10.3. The molecule has 9 nitrogen and oxygen atoms in total. The van der Waals surface area contributed by atoms with Gasteiger partial charge in [0.05, 0.1) is 12.5 Å². The zero-order chi connectivity index (χ0) is 23.5. The van der Waals surface area contributed by atoms with Gasteiger partial charge in [0.2, 0.25) is 5.91 Å². The first-order valence-corrected chi connectivity index (χ1v) is 11.2. The molecule has 0 radical (unpaired) electrons. The first kappa shape index (κ1) is 25.5. The van der Waals surface area contributed by atoms with E-state index in [0.29, 0.717) is 19.4 Å². The molecule has 4 amide bonds. The summed E-state index contributed by atoms with van der Waals surface area (Å²) >= 11 is 5.70. The highest BCUT2D eigenvalue weighted by molar-refractivity contribution is 6.27. The Morgan fingerprint density at radius 3 is 2.59 bits per heavy atom. The number of nitrogens with zero attached hydrogens (tertiary/aromatic N) is 1. The second-order valence-corrected chi connectivity index (χ2v) is 8.40. The van der Waals surface area contributed by atoms with E-state index in [0.717, 1.165) is 17.0 Å². The lowest BCUT2D eigenvalue weighted by atomic mass is 9.98. The van der Waals surface area contributed by atoms with Gasteiger partial charge in [-0.15, -0.1) is 11.6 Å². The number of hydrogen-bond donors (Lipinski definition) is 3. The van der Waals surface area contributed by atoms with Crippen molar-refractivity contribution in [3.05, 3.63) is 35.9 Å². The third-order valence-corrected chi connectivity index (χ3v) is 5.22. The lowest BCUT2D eigenvalue weighted by Gasteiger charge is -2.30. The van der Waals surface area contributed by atoms with Crippen LogP contribution >= 0.6 is 11.6 Å². The summed E-state index contributed by atoms with van der Waals surface area (Å²) < 4.78 is 5.21. The molecule has 32 heavy (non-hydrogen) atoms. The lowest BCUT2D eigenvalue weighted by molar-refractivity contribution is -0.143. The standard InChI is InChI=1S/C22H31ClN4O5/c1-15(2)11-18(25-22(31)32-14-16-7-4-3-5-8-16)21(30)26-27(19(28)12-23)13-17-9-6-10-24-20(17)29/h3-5,7-8,15,17-18H,6,9-14H2,1-2H3,(H,24,29)(H,25,31)(H,26,30)/t17?,18-/m1/s1. The first-order chi connectivity index (χ1) is 15.3. The number of hydrogen-bond acceptors (Lipinski definition) is 5. The minimum atomic E-state index is -0.927. The number of alkyl halides is 1. The third kappa shape index (κ3) is 8.37. The summed E-state index contributed by atoms with van der Waals surface area (Å²) in [6.07, 6.45) is 0.987. The minimum Gasteiger partial charge on any atom is -0.445 e. The van der Waals surface area contributed by atoms with Gasteiger partial charge in [0.25, 0.3) is 11.8 Å². The molecule has 1 unspecified atom stereocenters. The smallest absolute Gasteiger partial charge is 0.408 e. The monoisotopic (exact) mass is 466 g/mol. The van der Waals surface area contributed by atoms with Gasteiger partial charge in [-0.05, 0) is 30.7 Å². The summed E-state index contributed by atoms with van der Waals surface area (Å²) in [5.74, 6) is -1.99. The minimum absolute atomic E-state index is 0.00990. The van der Waals surface area contributed by atoms with Crippen LogP contribution in [0, 0.1) is 11.8 Å². The van der Waals surface area contributed by atoms with Crippen LogP contribution in [0.3, 0.4) is 0 Å². The molecule has 0 spiro atoms. The van der Waals surface area contributed by atoms with Crippen molar-refractivity contribution >= 4 is 35.4 Å². The Labute approximate surface area is 193 Å². The molecule has 1 aliphatic rings. The van der Waals surface area contributed by atoms with Crippen molar-refractivity contribution < 1.29 is 23.9 Å². The summed E-state index contributed by atoms with van der Waals surface area (Å²) in [5.41, 5.74) is 3.35. The number of nitrogens with one attached hydrogen (secondary N) is 3. The molecule has 1 aromatic rings. The average molecular weight is 467 g/mol.